The molecule has 0 amide bonds. The predicted octanol–water partition coefficient (Wildman–Crippen LogP) is 6.89. The van der Waals surface area contributed by atoms with E-state index in [1.165, 1.54) is 31.0 Å². The number of benzene rings is 2. The van der Waals surface area contributed by atoms with E-state index in [0.717, 1.165) is 59.6 Å². The van der Waals surface area contributed by atoms with Gasteiger partial charge in [-0.3, -0.25) is 4.79 Å². The minimum atomic E-state index is -0.0567. The molecule has 4 aliphatic carbocycles. The first kappa shape index (κ1) is 19.4. The van der Waals surface area contributed by atoms with Gasteiger partial charge >= 0.3 is 0 Å². The first-order valence-corrected chi connectivity index (χ1v) is 12.4. The molecule has 2 aromatic carbocycles. The molecule has 4 saturated carbocycles. The number of Topliss-reactive ketones (excluding diaryl/α,β-unsaturated/α-hetero) is 1. The predicted molar refractivity (Wildman–Crippen MR) is 124 cm³/mol. The highest BCUT2D eigenvalue weighted by Crippen LogP contribution is 2.60. The Bertz CT molecular complexity index is 997. The van der Waals surface area contributed by atoms with Crippen molar-refractivity contribution in [1.29, 1.82) is 0 Å². The van der Waals surface area contributed by atoms with Crippen molar-refractivity contribution in [2.45, 2.75) is 43.7 Å². The SMILES string of the molecule is O=C(CSc1nc(-c2ccccc2)c(-c2ccccc2)o1)C12CC3CC(CC(C3)C1)C2. The fraction of sp³-hybridized carbons (Fsp3) is 0.407. The third-order valence-corrected chi connectivity index (χ3v) is 8.48. The van der Waals surface area contributed by atoms with Gasteiger partial charge in [0.15, 0.2) is 5.76 Å². The molecule has 31 heavy (non-hydrogen) atoms. The first-order valence-electron chi connectivity index (χ1n) is 11.5. The molecule has 7 rings (SSSR count). The highest BCUT2D eigenvalue weighted by atomic mass is 32.2. The number of rotatable bonds is 6. The molecule has 1 heterocycles. The number of aromatic nitrogens is 1. The molecule has 3 nitrogen and oxygen atoms in total. The Morgan fingerprint density at radius 1 is 0.871 bits per heavy atom. The lowest BCUT2D eigenvalue weighted by molar-refractivity contribution is -0.141. The van der Waals surface area contributed by atoms with Crippen molar-refractivity contribution in [1.82, 2.24) is 4.98 Å². The van der Waals surface area contributed by atoms with Crippen LogP contribution in [0.1, 0.15) is 38.5 Å². The molecule has 158 valence electrons. The van der Waals surface area contributed by atoms with Gasteiger partial charge in [0.05, 0.1) is 5.75 Å². The number of hydrogen-bond acceptors (Lipinski definition) is 4. The van der Waals surface area contributed by atoms with E-state index in [1.807, 2.05) is 48.5 Å². The van der Waals surface area contributed by atoms with Gasteiger partial charge in [0, 0.05) is 16.5 Å². The average Bonchev–Trinajstić information content (AvgIpc) is 3.22. The van der Waals surface area contributed by atoms with Gasteiger partial charge < -0.3 is 4.42 Å². The Balaban J connectivity index is 1.25. The Hall–Kier alpha value is -2.33. The van der Waals surface area contributed by atoms with E-state index in [2.05, 4.69) is 12.1 Å². The van der Waals surface area contributed by atoms with Gasteiger partial charge in [-0.15, -0.1) is 0 Å². The average molecular weight is 430 g/mol. The van der Waals surface area contributed by atoms with Gasteiger partial charge in [-0.2, -0.15) is 0 Å². The summed E-state index contributed by atoms with van der Waals surface area (Å²) in [6, 6.07) is 20.3. The van der Waals surface area contributed by atoms with E-state index in [9.17, 15) is 4.79 Å². The Morgan fingerprint density at radius 3 is 2.00 bits per heavy atom. The van der Waals surface area contributed by atoms with Crippen molar-refractivity contribution < 1.29 is 9.21 Å². The van der Waals surface area contributed by atoms with Crippen molar-refractivity contribution in [2.24, 2.45) is 23.2 Å². The second kappa shape index (κ2) is 7.67. The van der Waals surface area contributed by atoms with Crippen LogP contribution in [0.5, 0.6) is 0 Å². The highest BCUT2D eigenvalue weighted by Gasteiger charge is 2.54. The summed E-state index contributed by atoms with van der Waals surface area (Å²) >= 11 is 1.47. The summed E-state index contributed by atoms with van der Waals surface area (Å²) < 4.78 is 6.22. The minimum absolute atomic E-state index is 0.0567. The molecular weight excluding hydrogens is 402 g/mol. The molecule has 0 saturated heterocycles. The fourth-order valence-electron chi connectivity index (χ4n) is 6.67. The lowest BCUT2D eigenvalue weighted by atomic mass is 9.48. The van der Waals surface area contributed by atoms with Gasteiger partial charge in [0.2, 0.25) is 0 Å². The Morgan fingerprint density at radius 2 is 1.42 bits per heavy atom. The van der Waals surface area contributed by atoms with Crippen molar-refractivity contribution in [3.63, 3.8) is 0 Å². The maximum Gasteiger partial charge on any atom is 0.257 e. The van der Waals surface area contributed by atoms with Crippen molar-refractivity contribution in [3.05, 3.63) is 60.7 Å². The molecule has 4 heteroatoms. The van der Waals surface area contributed by atoms with E-state index in [4.69, 9.17) is 9.40 Å². The normalized spacial score (nSPS) is 28.7. The summed E-state index contributed by atoms with van der Waals surface area (Å²) in [4.78, 5) is 18.2. The molecule has 4 fully saturated rings. The number of oxazole rings is 1. The minimum Gasteiger partial charge on any atom is -0.431 e. The third kappa shape index (κ3) is 3.55. The standard InChI is InChI=1S/C27H27NO2S/c29-23(27-14-18-11-19(15-27)13-20(12-18)16-27)17-31-26-28-24(21-7-3-1-4-8-21)25(30-26)22-9-5-2-6-10-22/h1-10,18-20H,11-17H2. The summed E-state index contributed by atoms with van der Waals surface area (Å²) in [5.74, 6) is 4.03. The molecule has 0 atom stereocenters. The molecule has 4 aliphatic rings. The zero-order chi connectivity index (χ0) is 20.8. The molecule has 0 radical (unpaired) electrons. The maximum atomic E-state index is 13.4. The summed E-state index contributed by atoms with van der Waals surface area (Å²) in [7, 11) is 0. The van der Waals surface area contributed by atoms with Crippen LogP contribution in [0, 0.1) is 23.2 Å². The largest absolute Gasteiger partial charge is 0.431 e. The number of hydrogen-bond donors (Lipinski definition) is 0. The molecule has 0 unspecified atom stereocenters. The fourth-order valence-corrected chi connectivity index (χ4v) is 7.53. The number of nitrogens with zero attached hydrogens (tertiary/aromatic N) is 1. The number of carbonyl (C=O) groups excluding carboxylic acids is 1. The van der Waals surface area contributed by atoms with Crippen LogP contribution in [0.4, 0.5) is 0 Å². The Kier molecular flexibility index (Phi) is 4.79. The van der Waals surface area contributed by atoms with E-state index >= 15 is 0 Å². The maximum absolute atomic E-state index is 13.4. The van der Waals surface area contributed by atoms with Crippen LogP contribution >= 0.6 is 11.8 Å². The van der Waals surface area contributed by atoms with Crippen LogP contribution in [0.25, 0.3) is 22.6 Å². The van der Waals surface area contributed by atoms with Crippen molar-refractivity contribution in [2.75, 3.05) is 5.75 Å². The van der Waals surface area contributed by atoms with Crippen molar-refractivity contribution in [3.8, 4) is 22.6 Å². The van der Waals surface area contributed by atoms with Crippen LogP contribution in [0.3, 0.4) is 0 Å². The van der Waals surface area contributed by atoms with Crippen LogP contribution in [-0.4, -0.2) is 16.5 Å². The van der Waals surface area contributed by atoms with Gasteiger partial charge in [-0.05, 0) is 56.3 Å². The molecule has 0 spiro atoms. The summed E-state index contributed by atoms with van der Waals surface area (Å²) in [5.41, 5.74) is 2.83. The van der Waals surface area contributed by atoms with Gasteiger partial charge in [0.1, 0.15) is 11.5 Å². The highest BCUT2D eigenvalue weighted by molar-refractivity contribution is 7.99. The van der Waals surface area contributed by atoms with Crippen LogP contribution in [-0.2, 0) is 4.79 Å². The zero-order valence-electron chi connectivity index (χ0n) is 17.6. The Labute approximate surface area is 187 Å². The molecular formula is C27H27NO2S. The molecule has 1 aromatic heterocycles. The summed E-state index contributed by atoms with van der Waals surface area (Å²) in [5, 5.41) is 0.593. The monoisotopic (exact) mass is 429 g/mol. The lowest BCUT2D eigenvalue weighted by Crippen LogP contribution is -2.50. The molecule has 0 N–H and O–H groups in total. The van der Waals surface area contributed by atoms with Crippen LogP contribution in [0.15, 0.2) is 70.3 Å². The summed E-state index contributed by atoms with van der Waals surface area (Å²) in [6.07, 6.45) is 7.44. The third-order valence-electron chi connectivity index (χ3n) is 7.65. The first-order chi connectivity index (χ1) is 15.2. The second-order valence-corrected chi connectivity index (χ2v) is 10.7. The van der Waals surface area contributed by atoms with Gasteiger partial charge in [0.25, 0.3) is 5.22 Å². The second-order valence-electron chi connectivity index (χ2n) is 9.80. The topological polar surface area (TPSA) is 43.1 Å². The lowest BCUT2D eigenvalue weighted by Gasteiger charge is -2.55. The number of ketones is 1. The van der Waals surface area contributed by atoms with E-state index in [1.54, 1.807) is 0 Å². The smallest absolute Gasteiger partial charge is 0.257 e. The van der Waals surface area contributed by atoms with Gasteiger partial charge in [-0.1, -0.05) is 72.4 Å². The molecule has 0 aliphatic heterocycles. The molecule has 4 bridgehead atoms. The zero-order valence-corrected chi connectivity index (χ0v) is 18.4. The number of thioether (sulfide) groups is 1. The van der Waals surface area contributed by atoms with Crippen molar-refractivity contribution >= 4 is 17.5 Å². The van der Waals surface area contributed by atoms with E-state index in [-0.39, 0.29) is 5.41 Å². The van der Waals surface area contributed by atoms with Gasteiger partial charge in [-0.25, -0.2) is 4.98 Å². The molecule has 3 aromatic rings. The quantitative estimate of drug-likeness (QED) is 0.400. The number of carbonyl (C=O) groups is 1. The van der Waals surface area contributed by atoms with E-state index in [0.29, 0.717) is 16.8 Å². The van der Waals surface area contributed by atoms with Crippen LogP contribution < -0.4 is 0 Å². The summed E-state index contributed by atoms with van der Waals surface area (Å²) in [6.45, 7) is 0. The van der Waals surface area contributed by atoms with Crippen LogP contribution in [0.2, 0.25) is 0 Å². The van der Waals surface area contributed by atoms with E-state index < -0.39 is 0 Å².